The van der Waals surface area contributed by atoms with Crippen LogP contribution in [0.1, 0.15) is 25.8 Å². The number of hydrogen-bond donors (Lipinski definition) is 2. The van der Waals surface area contributed by atoms with Gasteiger partial charge in [0.05, 0.1) is 12.0 Å². The van der Waals surface area contributed by atoms with Crippen molar-refractivity contribution in [1.82, 2.24) is 4.98 Å². The number of carbonyl (C=O) groups excluding carboxylic acids is 1. The Hall–Kier alpha value is -1.90. The number of anilines is 1. The van der Waals surface area contributed by atoms with Gasteiger partial charge >= 0.3 is 0 Å². The minimum absolute atomic E-state index is 0.174. The SMILES string of the molecule is COC(C)(C)CC(=O)Nc1cc(C#CCO)ccn1. The second-order valence-electron chi connectivity index (χ2n) is 4.58. The van der Waals surface area contributed by atoms with Gasteiger partial charge in [-0.25, -0.2) is 4.98 Å². The highest BCUT2D eigenvalue weighted by Crippen LogP contribution is 2.14. The molecule has 19 heavy (non-hydrogen) atoms. The smallest absolute Gasteiger partial charge is 0.228 e. The summed E-state index contributed by atoms with van der Waals surface area (Å²) in [6.07, 6.45) is 1.79. The molecular formula is C14H18N2O3. The van der Waals surface area contributed by atoms with Crippen LogP contribution in [0.5, 0.6) is 0 Å². The van der Waals surface area contributed by atoms with Gasteiger partial charge in [-0.2, -0.15) is 0 Å². The first-order valence-electron chi connectivity index (χ1n) is 5.87. The van der Waals surface area contributed by atoms with Crippen LogP contribution in [0.3, 0.4) is 0 Å². The predicted octanol–water partition coefficient (Wildman–Crippen LogP) is 1.18. The van der Waals surface area contributed by atoms with E-state index >= 15 is 0 Å². The molecule has 1 aromatic rings. The van der Waals surface area contributed by atoms with Crippen LogP contribution in [0.25, 0.3) is 0 Å². The van der Waals surface area contributed by atoms with Crippen molar-refractivity contribution in [3.05, 3.63) is 23.9 Å². The fourth-order valence-corrected chi connectivity index (χ4v) is 1.36. The molecule has 5 nitrogen and oxygen atoms in total. The van der Waals surface area contributed by atoms with Gasteiger partial charge < -0.3 is 15.2 Å². The third kappa shape index (κ3) is 5.51. The van der Waals surface area contributed by atoms with Crippen LogP contribution in [-0.4, -0.2) is 35.3 Å². The van der Waals surface area contributed by atoms with Crippen molar-refractivity contribution in [2.24, 2.45) is 0 Å². The standard InChI is InChI=1S/C14H18N2O3/c1-14(2,19-3)10-13(18)16-12-9-11(5-4-8-17)6-7-15-12/h6-7,9,17H,8,10H2,1-3H3,(H,15,16,18). The maximum atomic E-state index is 11.8. The Morgan fingerprint density at radius 1 is 1.58 bits per heavy atom. The number of rotatable bonds is 4. The Labute approximate surface area is 113 Å². The van der Waals surface area contributed by atoms with Gasteiger partial charge in [-0.05, 0) is 26.0 Å². The van der Waals surface area contributed by atoms with E-state index in [4.69, 9.17) is 9.84 Å². The number of carbonyl (C=O) groups is 1. The molecule has 2 N–H and O–H groups in total. The number of methoxy groups -OCH3 is 1. The number of nitrogens with one attached hydrogen (secondary N) is 1. The Morgan fingerprint density at radius 2 is 2.32 bits per heavy atom. The molecule has 0 saturated carbocycles. The molecule has 0 atom stereocenters. The van der Waals surface area contributed by atoms with Gasteiger partial charge in [0.1, 0.15) is 12.4 Å². The summed E-state index contributed by atoms with van der Waals surface area (Å²) in [7, 11) is 1.57. The van der Waals surface area contributed by atoms with Gasteiger partial charge in [0.25, 0.3) is 0 Å². The fourth-order valence-electron chi connectivity index (χ4n) is 1.36. The molecular weight excluding hydrogens is 244 g/mol. The number of hydrogen-bond acceptors (Lipinski definition) is 4. The largest absolute Gasteiger partial charge is 0.384 e. The molecule has 0 radical (unpaired) electrons. The van der Waals surface area contributed by atoms with E-state index in [0.717, 1.165) is 0 Å². The van der Waals surface area contributed by atoms with Gasteiger partial charge in [-0.3, -0.25) is 4.79 Å². The second-order valence-corrected chi connectivity index (χ2v) is 4.58. The molecule has 1 aromatic heterocycles. The lowest BCUT2D eigenvalue weighted by Crippen LogP contribution is -2.29. The molecule has 0 aliphatic carbocycles. The number of aliphatic hydroxyl groups is 1. The Bertz CT molecular complexity index is 501. The third-order valence-corrected chi connectivity index (χ3v) is 2.48. The average molecular weight is 262 g/mol. The number of ether oxygens (including phenoxy) is 1. The van der Waals surface area contributed by atoms with Crippen LogP contribution in [0.4, 0.5) is 5.82 Å². The van der Waals surface area contributed by atoms with Crippen LogP contribution in [0.2, 0.25) is 0 Å². The maximum absolute atomic E-state index is 11.8. The topological polar surface area (TPSA) is 71.5 Å². The van der Waals surface area contributed by atoms with E-state index in [1.165, 1.54) is 0 Å². The lowest BCUT2D eigenvalue weighted by Gasteiger charge is -2.21. The van der Waals surface area contributed by atoms with E-state index in [0.29, 0.717) is 11.4 Å². The normalized spacial score (nSPS) is 10.5. The van der Waals surface area contributed by atoms with Gasteiger partial charge in [-0.1, -0.05) is 11.8 Å². The van der Waals surface area contributed by atoms with Crippen LogP contribution in [0, 0.1) is 11.8 Å². The molecule has 0 unspecified atom stereocenters. The summed E-state index contributed by atoms with van der Waals surface area (Å²) in [5.41, 5.74) is 0.170. The summed E-state index contributed by atoms with van der Waals surface area (Å²) < 4.78 is 5.19. The van der Waals surface area contributed by atoms with Gasteiger partial charge in [0.2, 0.25) is 5.91 Å². The van der Waals surface area contributed by atoms with Crippen molar-refractivity contribution in [3.63, 3.8) is 0 Å². The van der Waals surface area contributed by atoms with Crippen molar-refractivity contribution < 1.29 is 14.6 Å². The van der Waals surface area contributed by atoms with Crippen molar-refractivity contribution in [3.8, 4) is 11.8 Å². The maximum Gasteiger partial charge on any atom is 0.228 e. The van der Waals surface area contributed by atoms with Crippen molar-refractivity contribution in [2.45, 2.75) is 25.9 Å². The highest BCUT2D eigenvalue weighted by Gasteiger charge is 2.21. The van der Waals surface area contributed by atoms with E-state index < -0.39 is 5.60 Å². The number of amides is 1. The van der Waals surface area contributed by atoms with E-state index in [9.17, 15) is 4.79 Å². The van der Waals surface area contributed by atoms with Crippen molar-refractivity contribution in [2.75, 3.05) is 19.0 Å². The molecule has 0 saturated heterocycles. The Kier molecular flexibility index (Phi) is 5.49. The van der Waals surface area contributed by atoms with E-state index in [1.807, 2.05) is 13.8 Å². The molecule has 1 heterocycles. The molecule has 102 valence electrons. The minimum atomic E-state index is -0.515. The predicted molar refractivity (Wildman–Crippen MR) is 72.5 cm³/mol. The van der Waals surface area contributed by atoms with E-state index in [1.54, 1.807) is 25.4 Å². The van der Waals surface area contributed by atoms with Crippen LogP contribution in [0.15, 0.2) is 18.3 Å². The first kappa shape index (κ1) is 15.2. The number of aliphatic hydroxyl groups excluding tert-OH is 1. The molecule has 0 aliphatic heterocycles. The summed E-state index contributed by atoms with van der Waals surface area (Å²) in [6.45, 7) is 3.47. The summed E-state index contributed by atoms with van der Waals surface area (Å²) >= 11 is 0. The fraction of sp³-hybridized carbons (Fsp3) is 0.429. The molecule has 5 heteroatoms. The zero-order chi connectivity index (χ0) is 14.3. The Balaban J connectivity index is 2.69. The molecule has 0 bridgehead atoms. The van der Waals surface area contributed by atoms with Crippen LogP contribution >= 0.6 is 0 Å². The summed E-state index contributed by atoms with van der Waals surface area (Å²) in [6, 6.07) is 3.36. The average Bonchev–Trinajstić information content (AvgIpc) is 2.36. The molecule has 0 spiro atoms. The molecule has 1 amide bonds. The third-order valence-electron chi connectivity index (χ3n) is 2.48. The molecule has 0 aliphatic rings. The number of nitrogens with zero attached hydrogens (tertiary/aromatic N) is 1. The van der Waals surface area contributed by atoms with Crippen LogP contribution < -0.4 is 5.32 Å². The van der Waals surface area contributed by atoms with Crippen LogP contribution in [-0.2, 0) is 9.53 Å². The highest BCUT2D eigenvalue weighted by atomic mass is 16.5. The molecule has 0 aromatic carbocycles. The zero-order valence-electron chi connectivity index (χ0n) is 11.4. The summed E-state index contributed by atoms with van der Waals surface area (Å²) in [5, 5.41) is 11.3. The summed E-state index contributed by atoms with van der Waals surface area (Å²) in [4.78, 5) is 15.8. The Morgan fingerprint density at radius 3 is 2.95 bits per heavy atom. The number of aromatic nitrogens is 1. The second kappa shape index (κ2) is 6.88. The quantitative estimate of drug-likeness (QED) is 0.799. The lowest BCUT2D eigenvalue weighted by atomic mass is 10.1. The molecule has 0 fully saturated rings. The van der Waals surface area contributed by atoms with Gasteiger partial charge in [-0.15, -0.1) is 0 Å². The van der Waals surface area contributed by atoms with Gasteiger partial charge in [0.15, 0.2) is 0 Å². The van der Waals surface area contributed by atoms with Gasteiger partial charge in [0, 0.05) is 18.9 Å². The zero-order valence-corrected chi connectivity index (χ0v) is 11.4. The van der Waals surface area contributed by atoms with E-state index in [-0.39, 0.29) is 18.9 Å². The first-order valence-corrected chi connectivity index (χ1v) is 5.87. The highest BCUT2D eigenvalue weighted by molar-refractivity contribution is 5.90. The lowest BCUT2D eigenvalue weighted by molar-refractivity contribution is -0.121. The van der Waals surface area contributed by atoms with Crippen molar-refractivity contribution >= 4 is 11.7 Å². The monoisotopic (exact) mass is 262 g/mol. The number of pyridine rings is 1. The molecule has 1 rings (SSSR count). The first-order chi connectivity index (χ1) is 8.96. The minimum Gasteiger partial charge on any atom is -0.384 e. The summed E-state index contributed by atoms with van der Waals surface area (Å²) in [5.74, 6) is 5.55. The van der Waals surface area contributed by atoms with Crippen molar-refractivity contribution in [1.29, 1.82) is 0 Å². The van der Waals surface area contributed by atoms with E-state index in [2.05, 4.69) is 22.1 Å².